The van der Waals surface area contributed by atoms with Crippen molar-refractivity contribution in [3.63, 3.8) is 0 Å². The van der Waals surface area contributed by atoms with E-state index in [9.17, 15) is 4.79 Å². The van der Waals surface area contributed by atoms with Crippen LogP contribution in [0.25, 0.3) is 0 Å². The van der Waals surface area contributed by atoms with Gasteiger partial charge in [0.15, 0.2) is 0 Å². The van der Waals surface area contributed by atoms with E-state index in [1.54, 1.807) is 7.11 Å². The summed E-state index contributed by atoms with van der Waals surface area (Å²) in [4.78, 5) is 14.1. The van der Waals surface area contributed by atoms with Gasteiger partial charge in [-0.1, -0.05) is 18.2 Å². The molecule has 2 aromatic rings. The number of esters is 1. The van der Waals surface area contributed by atoms with Gasteiger partial charge in [-0.25, -0.2) is 4.79 Å². The third-order valence-electron chi connectivity index (χ3n) is 4.09. The highest BCUT2D eigenvalue weighted by atomic mass is 16.6. The number of carbonyl (C=O) groups is 1. The molecule has 0 amide bonds. The van der Waals surface area contributed by atoms with E-state index in [0.29, 0.717) is 5.70 Å². The maximum absolute atomic E-state index is 12.2. The molecule has 22 heavy (non-hydrogen) atoms. The van der Waals surface area contributed by atoms with Crippen LogP contribution in [0.15, 0.2) is 60.3 Å². The summed E-state index contributed by atoms with van der Waals surface area (Å²) in [5, 5.41) is 0. The molecule has 2 heterocycles. The van der Waals surface area contributed by atoms with E-state index in [2.05, 4.69) is 6.07 Å². The van der Waals surface area contributed by atoms with Crippen LogP contribution in [-0.2, 0) is 16.0 Å². The van der Waals surface area contributed by atoms with Crippen molar-refractivity contribution in [1.82, 2.24) is 0 Å². The van der Waals surface area contributed by atoms with Gasteiger partial charge in [0.1, 0.15) is 11.4 Å². The Bertz CT molecular complexity index is 764. The molecule has 0 N–H and O–H groups in total. The number of cyclic esters (lactones) is 1. The maximum Gasteiger partial charge on any atom is 0.356 e. The molecule has 4 heteroatoms. The molecule has 1 atom stereocenters. The predicted octanol–water partition coefficient (Wildman–Crippen LogP) is 3.20. The van der Waals surface area contributed by atoms with Gasteiger partial charge in [0.2, 0.25) is 6.23 Å². The summed E-state index contributed by atoms with van der Waals surface area (Å²) in [5.41, 5.74) is 3.78. The highest BCUT2D eigenvalue weighted by Gasteiger charge is 2.40. The second-order valence-corrected chi connectivity index (χ2v) is 5.32. The fourth-order valence-electron chi connectivity index (χ4n) is 2.99. The van der Waals surface area contributed by atoms with Gasteiger partial charge in [-0.15, -0.1) is 0 Å². The number of carbonyl (C=O) groups excluding carboxylic acids is 1. The van der Waals surface area contributed by atoms with Gasteiger partial charge in [0.25, 0.3) is 0 Å². The third kappa shape index (κ3) is 1.88. The minimum Gasteiger partial charge on any atom is -0.497 e. The average molecular weight is 293 g/mol. The van der Waals surface area contributed by atoms with E-state index < -0.39 is 6.23 Å². The number of allylic oxidation sites excluding steroid dienone is 1. The zero-order valence-corrected chi connectivity index (χ0v) is 12.2. The molecule has 0 saturated carbocycles. The molecule has 0 aliphatic carbocycles. The van der Waals surface area contributed by atoms with Crippen molar-refractivity contribution in [2.24, 2.45) is 0 Å². The molecule has 1 fully saturated rings. The van der Waals surface area contributed by atoms with E-state index in [1.807, 2.05) is 53.4 Å². The van der Waals surface area contributed by atoms with E-state index in [0.717, 1.165) is 23.4 Å². The van der Waals surface area contributed by atoms with Crippen LogP contribution in [0.4, 0.5) is 5.69 Å². The number of benzene rings is 2. The Labute approximate surface area is 128 Å². The van der Waals surface area contributed by atoms with Crippen LogP contribution in [-0.4, -0.2) is 13.1 Å². The van der Waals surface area contributed by atoms with E-state index in [4.69, 9.17) is 9.47 Å². The van der Waals surface area contributed by atoms with Crippen molar-refractivity contribution in [3.05, 3.63) is 71.4 Å². The lowest BCUT2D eigenvalue weighted by Crippen LogP contribution is -2.25. The first kappa shape index (κ1) is 13.0. The Balaban J connectivity index is 1.78. The Kier molecular flexibility index (Phi) is 2.89. The molecule has 110 valence electrons. The van der Waals surface area contributed by atoms with Crippen LogP contribution in [0, 0.1) is 0 Å². The molecule has 4 rings (SSSR count). The summed E-state index contributed by atoms with van der Waals surface area (Å²) in [7, 11) is 1.63. The smallest absolute Gasteiger partial charge is 0.356 e. The SMILES string of the molecule is COc1ccc(C2OC(=O)C3=CCc4ccccc4N32)cc1. The molecule has 1 saturated heterocycles. The zero-order chi connectivity index (χ0) is 15.1. The number of methoxy groups -OCH3 is 1. The molecular formula is C18H15NO3. The lowest BCUT2D eigenvalue weighted by atomic mass is 10.0. The molecule has 0 bridgehead atoms. The lowest BCUT2D eigenvalue weighted by molar-refractivity contribution is -0.139. The van der Waals surface area contributed by atoms with Gasteiger partial charge in [0.05, 0.1) is 7.11 Å². The van der Waals surface area contributed by atoms with Crippen LogP contribution in [0.3, 0.4) is 0 Å². The second kappa shape index (κ2) is 4.91. The van der Waals surface area contributed by atoms with Gasteiger partial charge >= 0.3 is 5.97 Å². The standard InChI is InChI=1S/C18H15NO3/c1-21-14-9-6-13(7-10-14)17-19-15-5-3-2-4-12(15)8-11-16(19)18(20)22-17/h2-7,9-11,17H,8H2,1H3. The third-order valence-corrected chi connectivity index (χ3v) is 4.09. The van der Waals surface area contributed by atoms with Gasteiger partial charge < -0.3 is 9.47 Å². The molecule has 4 nitrogen and oxygen atoms in total. The molecular weight excluding hydrogens is 278 g/mol. The number of fused-ring (bicyclic) bond motifs is 3. The number of nitrogens with zero attached hydrogens (tertiary/aromatic N) is 1. The summed E-state index contributed by atoms with van der Waals surface area (Å²) in [5.74, 6) is 0.512. The van der Waals surface area contributed by atoms with Crippen molar-refractivity contribution >= 4 is 11.7 Å². The van der Waals surface area contributed by atoms with E-state index in [-0.39, 0.29) is 5.97 Å². The Morgan fingerprint density at radius 3 is 2.68 bits per heavy atom. The molecule has 2 aliphatic heterocycles. The number of ether oxygens (including phenoxy) is 2. The number of rotatable bonds is 2. The van der Waals surface area contributed by atoms with Crippen LogP contribution in [0.5, 0.6) is 5.75 Å². The van der Waals surface area contributed by atoms with Crippen molar-refractivity contribution in [1.29, 1.82) is 0 Å². The number of anilines is 1. The Morgan fingerprint density at radius 2 is 1.91 bits per heavy atom. The first-order valence-corrected chi connectivity index (χ1v) is 7.20. The molecule has 0 spiro atoms. The number of hydrogen-bond donors (Lipinski definition) is 0. The normalized spacial score (nSPS) is 19.1. The fourth-order valence-corrected chi connectivity index (χ4v) is 2.99. The van der Waals surface area contributed by atoms with Crippen LogP contribution in [0.2, 0.25) is 0 Å². The van der Waals surface area contributed by atoms with E-state index >= 15 is 0 Å². The van der Waals surface area contributed by atoms with Gasteiger partial charge in [-0.3, -0.25) is 4.90 Å². The highest BCUT2D eigenvalue weighted by molar-refractivity contribution is 5.97. The second-order valence-electron chi connectivity index (χ2n) is 5.32. The lowest BCUT2D eigenvalue weighted by Gasteiger charge is -2.29. The molecule has 0 radical (unpaired) electrons. The van der Waals surface area contributed by atoms with Crippen molar-refractivity contribution < 1.29 is 14.3 Å². The fraction of sp³-hybridized carbons (Fsp3) is 0.167. The molecule has 2 aliphatic rings. The molecule has 1 unspecified atom stereocenters. The minimum atomic E-state index is -0.425. The predicted molar refractivity (Wildman–Crippen MR) is 82.5 cm³/mol. The van der Waals surface area contributed by atoms with Crippen LogP contribution in [0.1, 0.15) is 17.4 Å². The Hall–Kier alpha value is -2.75. The highest BCUT2D eigenvalue weighted by Crippen LogP contribution is 2.42. The largest absolute Gasteiger partial charge is 0.497 e. The zero-order valence-electron chi connectivity index (χ0n) is 12.2. The number of hydrogen-bond acceptors (Lipinski definition) is 4. The van der Waals surface area contributed by atoms with Crippen LogP contribution < -0.4 is 9.64 Å². The maximum atomic E-state index is 12.2. The molecule has 2 aromatic carbocycles. The molecule has 0 aromatic heterocycles. The Morgan fingerprint density at radius 1 is 1.14 bits per heavy atom. The van der Waals surface area contributed by atoms with Crippen LogP contribution >= 0.6 is 0 Å². The number of para-hydroxylation sites is 1. The van der Waals surface area contributed by atoms with Crippen molar-refractivity contribution in [3.8, 4) is 5.75 Å². The topological polar surface area (TPSA) is 38.8 Å². The summed E-state index contributed by atoms with van der Waals surface area (Å²) in [6.45, 7) is 0. The monoisotopic (exact) mass is 293 g/mol. The summed E-state index contributed by atoms with van der Waals surface area (Å²) >= 11 is 0. The minimum absolute atomic E-state index is 0.268. The van der Waals surface area contributed by atoms with E-state index in [1.165, 1.54) is 5.56 Å². The van der Waals surface area contributed by atoms with Crippen molar-refractivity contribution in [2.75, 3.05) is 12.0 Å². The summed E-state index contributed by atoms with van der Waals surface area (Å²) in [6.07, 6.45) is 2.27. The average Bonchev–Trinajstić information content (AvgIpc) is 2.92. The quantitative estimate of drug-likeness (QED) is 0.797. The summed E-state index contributed by atoms with van der Waals surface area (Å²) in [6, 6.07) is 15.7. The van der Waals surface area contributed by atoms with Crippen molar-refractivity contribution in [2.45, 2.75) is 12.6 Å². The summed E-state index contributed by atoms with van der Waals surface area (Å²) < 4.78 is 10.8. The van der Waals surface area contributed by atoms with Gasteiger partial charge in [0, 0.05) is 11.3 Å². The van der Waals surface area contributed by atoms with Gasteiger partial charge in [-0.2, -0.15) is 0 Å². The first-order chi connectivity index (χ1) is 10.8. The first-order valence-electron chi connectivity index (χ1n) is 7.20. The van der Waals surface area contributed by atoms with Gasteiger partial charge in [-0.05, 0) is 48.4 Å².